The summed E-state index contributed by atoms with van der Waals surface area (Å²) < 4.78 is 5.76. The van der Waals surface area contributed by atoms with E-state index in [2.05, 4.69) is 15.6 Å². The number of nitrogens with one attached hydrogen (secondary N) is 2. The number of carbonyl (C=O) groups excluding carboxylic acids is 1. The van der Waals surface area contributed by atoms with Gasteiger partial charge in [0.15, 0.2) is 0 Å². The number of pyridine rings is 1. The van der Waals surface area contributed by atoms with Gasteiger partial charge in [-0.1, -0.05) is 23.8 Å². The highest BCUT2D eigenvalue weighted by molar-refractivity contribution is 5.89. The van der Waals surface area contributed by atoms with Crippen LogP contribution in [0.3, 0.4) is 0 Å². The minimum atomic E-state index is -0.280. The molecule has 3 rings (SSSR count). The van der Waals surface area contributed by atoms with Gasteiger partial charge in [-0.05, 0) is 55.5 Å². The standard InChI is InChI=1S/C20H19N3O2/c1-15-5-9-18(10-6-15)25-19-11-7-16(8-12-19)23-20(24)22-14-17-4-2-3-13-21-17/h2-13H,14H2,1H3,(H2,22,23,24). The summed E-state index contributed by atoms with van der Waals surface area (Å²) in [5.41, 5.74) is 2.68. The Hall–Kier alpha value is -3.34. The molecule has 0 bridgehead atoms. The minimum absolute atomic E-state index is 0.280. The van der Waals surface area contributed by atoms with Gasteiger partial charge in [-0.3, -0.25) is 4.98 Å². The molecule has 0 atom stereocenters. The monoisotopic (exact) mass is 333 g/mol. The van der Waals surface area contributed by atoms with Gasteiger partial charge in [0.05, 0.1) is 12.2 Å². The fourth-order valence-corrected chi connectivity index (χ4v) is 2.20. The van der Waals surface area contributed by atoms with Crippen LogP contribution in [0.4, 0.5) is 10.5 Å². The second-order valence-electron chi connectivity index (χ2n) is 5.57. The van der Waals surface area contributed by atoms with Crippen molar-refractivity contribution in [1.82, 2.24) is 10.3 Å². The SMILES string of the molecule is Cc1ccc(Oc2ccc(NC(=O)NCc3ccccn3)cc2)cc1. The Morgan fingerprint density at radius 3 is 2.28 bits per heavy atom. The molecule has 0 fully saturated rings. The van der Waals surface area contributed by atoms with E-state index in [1.165, 1.54) is 5.56 Å². The molecule has 1 heterocycles. The van der Waals surface area contributed by atoms with Crippen LogP contribution in [0.25, 0.3) is 0 Å². The van der Waals surface area contributed by atoms with Crippen molar-refractivity contribution in [1.29, 1.82) is 0 Å². The van der Waals surface area contributed by atoms with E-state index in [1.807, 2.05) is 61.5 Å². The maximum atomic E-state index is 11.9. The van der Waals surface area contributed by atoms with Gasteiger partial charge in [0.2, 0.25) is 0 Å². The number of ether oxygens (including phenoxy) is 1. The Labute approximate surface area is 146 Å². The number of urea groups is 1. The van der Waals surface area contributed by atoms with E-state index in [-0.39, 0.29) is 6.03 Å². The normalized spacial score (nSPS) is 10.1. The number of benzene rings is 2. The van der Waals surface area contributed by atoms with Crippen LogP contribution in [0.15, 0.2) is 72.9 Å². The summed E-state index contributed by atoms with van der Waals surface area (Å²) in [5.74, 6) is 1.49. The zero-order valence-corrected chi connectivity index (χ0v) is 13.9. The van der Waals surface area contributed by atoms with Gasteiger partial charge in [-0.15, -0.1) is 0 Å². The number of carbonyl (C=O) groups is 1. The third-order valence-electron chi connectivity index (χ3n) is 3.53. The van der Waals surface area contributed by atoms with E-state index >= 15 is 0 Å². The Bertz CT molecular complexity index is 816. The lowest BCUT2D eigenvalue weighted by Crippen LogP contribution is -2.28. The van der Waals surface area contributed by atoms with E-state index < -0.39 is 0 Å². The van der Waals surface area contributed by atoms with Crippen molar-refractivity contribution in [2.45, 2.75) is 13.5 Å². The average molecular weight is 333 g/mol. The molecule has 2 amide bonds. The number of amides is 2. The van der Waals surface area contributed by atoms with Gasteiger partial charge >= 0.3 is 6.03 Å². The van der Waals surface area contributed by atoms with Gasteiger partial charge in [-0.25, -0.2) is 4.79 Å². The molecule has 126 valence electrons. The number of nitrogens with zero attached hydrogens (tertiary/aromatic N) is 1. The first kappa shape index (κ1) is 16.5. The molecule has 5 nitrogen and oxygen atoms in total. The van der Waals surface area contributed by atoms with Gasteiger partial charge in [0, 0.05) is 11.9 Å². The number of anilines is 1. The second kappa shape index (κ2) is 7.97. The van der Waals surface area contributed by atoms with Crippen LogP contribution < -0.4 is 15.4 Å². The molecular formula is C20H19N3O2. The lowest BCUT2D eigenvalue weighted by atomic mass is 10.2. The first-order chi connectivity index (χ1) is 12.2. The molecule has 0 unspecified atom stereocenters. The molecule has 3 aromatic rings. The Balaban J connectivity index is 1.51. The van der Waals surface area contributed by atoms with Crippen molar-refractivity contribution < 1.29 is 9.53 Å². The number of hydrogen-bond donors (Lipinski definition) is 2. The van der Waals surface area contributed by atoms with Crippen LogP contribution in [-0.2, 0) is 6.54 Å². The van der Waals surface area contributed by atoms with Crippen LogP contribution in [0.2, 0.25) is 0 Å². The third-order valence-corrected chi connectivity index (χ3v) is 3.53. The van der Waals surface area contributed by atoms with Crippen LogP contribution in [0.5, 0.6) is 11.5 Å². The van der Waals surface area contributed by atoms with Crippen LogP contribution in [0.1, 0.15) is 11.3 Å². The van der Waals surface area contributed by atoms with E-state index in [0.717, 1.165) is 11.4 Å². The van der Waals surface area contributed by atoms with Crippen molar-refractivity contribution in [3.05, 3.63) is 84.2 Å². The van der Waals surface area contributed by atoms with Gasteiger partial charge in [0.25, 0.3) is 0 Å². The molecule has 0 spiro atoms. The summed E-state index contributed by atoms with van der Waals surface area (Å²) in [6, 6.07) is 20.4. The maximum Gasteiger partial charge on any atom is 0.319 e. The number of rotatable bonds is 5. The third kappa shape index (κ3) is 5.07. The first-order valence-electron chi connectivity index (χ1n) is 7.98. The smallest absolute Gasteiger partial charge is 0.319 e. The lowest BCUT2D eigenvalue weighted by Gasteiger charge is -2.09. The van der Waals surface area contributed by atoms with Gasteiger partial charge < -0.3 is 15.4 Å². The minimum Gasteiger partial charge on any atom is -0.457 e. The maximum absolute atomic E-state index is 11.9. The molecule has 0 saturated heterocycles. The highest BCUT2D eigenvalue weighted by Gasteiger charge is 2.03. The average Bonchev–Trinajstić information content (AvgIpc) is 2.64. The lowest BCUT2D eigenvalue weighted by molar-refractivity contribution is 0.251. The molecule has 0 aliphatic heterocycles. The molecule has 0 radical (unpaired) electrons. The number of aromatic nitrogens is 1. The second-order valence-corrected chi connectivity index (χ2v) is 5.57. The van der Waals surface area contributed by atoms with Crippen LogP contribution in [-0.4, -0.2) is 11.0 Å². The molecule has 1 aromatic heterocycles. The summed E-state index contributed by atoms with van der Waals surface area (Å²) in [4.78, 5) is 16.1. The molecule has 2 N–H and O–H groups in total. The highest BCUT2D eigenvalue weighted by atomic mass is 16.5. The quantitative estimate of drug-likeness (QED) is 0.722. The van der Waals surface area contributed by atoms with Crippen LogP contribution in [0, 0.1) is 6.92 Å². The topological polar surface area (TPSA) is 63.2 Å². The summed E-state index contributed by atoms with van der Waals surface area (Å²) in [6.45, 7) is 2.41. The fraction of sp³-hybridized carbons (Fsp3) is 0.100. The molecule has 0 aliphatic rings. The van der Waals surface area contributed by atoms with Gasteiger partial charge in [-0.2, -0.15) is 0 Å². The fourth-order valence-electron chi connectivity index (χ4n) is 2.20. The van der Waals surface area contributed by atoms with Crippen molar-refractivity contribution in [3.63, 3.8) is 0 Å². The molecule has 0 saturated carbocycles. The van der Waals surface area contributed by atoms with E-state index in [4.69, 9.17) is 4.74 Å². The predicted molar refractivity (Wildman–Crippen MR) is 97.8 cm³/mol. The summed E-state index contributed by atoms with van der Waals surface area (Å²) in [5, 5.41) is 5.54. The molecule has 5 heteroatoms. The molecule has 2 aromatic carbocycles. The summed E-state index contributed by atoms with van der Waals surface area (Å²) in [7, 11) is 0. The van der Waals surface area contributed by atoms with E-state index in [1.54, 1.807) is 18.3 Å². The van der Waals surface area contributed by atoms with E-state index in [9.17, 15) is 4.79 Å². The summed E-state index contributed by atoms with van der Waals surface area (Å²) in [6.07, 6.45) is 1.70. The Morgan fingerprint density at radius 2 is 1.64 bits per heavy atom. The number of hydrogen-bond acceptors (Lipinski definition) is 3. The summed E-state index contributed by atoms with van der Waals surface area (Å²) >= 11 is 0. The van der Waals surface area contributed by atoms with E-state index in [0.29, 0.717) is 18.0 Å². The van der Waals surface area contributed by atoms with Crippen molar-refractivity contribution >= 4 is 11.7 Å². The zero-order chi connectivity index (χ0) is 17.5. The predicted octanol–water partition coefficient (Wildman–Crippen LogP) is 4.50. The zero-order valence-electron chi connectivity index (χ0n) is 13.9. The molecular weight excluding hydrogens is 314 g/mol. The Kier molecular flexibility index (Phi) is 5.26. The largest absolute Gasteiger partial charge is 0.457 e. The van der Waals surface area contributed by atoms with Crippen molar-refractivity contribution in [2.24, 2.45) is 0 Å². The van der Waals surface area contributed by atoms with Crippen molar-refractivity contribution in [3.8, 4) is 11.5 Å². The first-order valence-corrected chi connectivity index (χ1v) is 7.98. The number of aryl methyl sites for hydroxylation is 1. The molecule has 0 aliphatic carbocycles. The highest BCUT2D eigenvalue weighted by Crippen LogP contribution is 2.23. The van der Waals surface area contributed by atoms with Gasteiger partial charge in [0.1, 0.15) is 11.5 Å². The van der Waals surface area contributed by atoms with Crippen molar-refractivity contribution in [2.75, 3.05) is 5.32 Å². The molecule has 25 heavy (non-hydrogen) atoms. The van der Waals surface area contributed by atoms with Crippen LogP contribution >= 0.6 is 0 Å². The Morgan fingerprint density at radius 1 is 0.960 bits per heavy atom.